The zero-order chi connectivity index (χ0) is 9.73. The lowest BCUT2D eigenvalue weighted by Crippen LogP contribution is -2.29. The summed E-state index contributed by atoms with van der Waals surface area (Å²) in [5.74, 6) is 1.03. The van der Waals surface area contributed by atoms with Crippen molar-refractivity contribution in [2.45, 2.75) is 32.1 Å². The third-order valence-electron chi connectivity index (χ3n) is 1.46. The summed E-state index contributed by atoms with van der Waals surface area (Å²) in [5, 5.41) is 0. The van der Waals surface area contributed by atoms with Crippen LogP contribution in [0.15, 0.2) is 30.3 Å². The van der Waals surface area contributed by atoms with Crippen molar-refractivity contribution in [2.24, 2.45) is 0 Å². The molecule has 1 N–H and O–H groups in total. The largest absolute Gasteiger partial charge is 0.259 e. The third-order valence-corrected chi connectivity index (χ3v) is 2.69. The molecule has 0 unspecified atom stereocenters. The molecule has 0 aliphatic rings. The highest BCUT2D eigenvalue weighted by atomic mass is 32.2. The number of hydrogen-bond donors (Lipinski definition) is 1. The van der Waals surface area contributed by atoms with Crippen LogP contribution in [-0.4, -0.2) is 5.54 Å². The SMILES string of the molecule is CC(C)(C)NSCc1ccccc1. The van der Waals surface area contributed by atoms with Crippen LogP contribution in [0.4, 0.5) is 0 Å². The summed E-state index contributed by atoms with van der Waals surface area (Å²) in [6.07, 6.45) is 0. The predicted octanol–water partition coefficient (Wildman–Crippen LogP) is 3.22. The number of rotatable bonds is 3. The number of benzene rings is 1. The smallest absolute Gasteiger partial charge is 0.0330 e. The zero-order valence-corrected chi connectivity index (χ0v) is 9.32. The molecule has 0 aliphatic heterocycles. The first-order chi connectivity index (χ1) is 6.08. The molecule has 2 heteroatoms. The Morgan fingerprint density at radius 2 is 1.77 bits per heavy atom. The minimum absolute atomic E-state index is 0.194. The minimum Gasteiger partial charge on any atom is -0.259 e. The molecule has 0 heterocycles. The summed E-state index contributed by atoms with van der Waals surface area (Å²) >= 11 is 1.76. The summed E-state index contributed by atoms with van der Waals surface area (Å²) in [4.78, 5) is 0. The van der Waals surface area contributed by atoms with Crippen molar-refractivity contribution < 1.29 is 0 Å². The van der Waals surface area contributed by atoms with Crippen molar-refractivity contribution >= 4 is 11.9 Å². The van der Waals surface area contributed by atoms with Crippen molar-refractivity contribution in [3.63, 3.8) is 0 Å². The first-order valence-corrected chi connectivity index (χ1v) is 5.49. The van der Waals surface area contributed by atoms with E-state index in [1.165, 1.54) is 5.56 Å². The van der Waals surface area contributed by atoms with E-state index in [-0.39, 0.29) is 5.54 Å². The third kappa shape index (κ3) is 4.96. The zero-order valence-electron chi connectivity index (χ0n) is 8.50. The van der Waals surface area contributed by atoms with Crippen molar-refractivity contribution in [2.75, 3.05) is 0 Å². The summed E-state index contributed by atoms with van der Waals surface area (Å²) in [6.45, 7) is 6.51. The summed E-state index contributed by atoms with van der Waals surface area (Å²) < 4.78 is 3.39. The highest BCUT2D eigenvalue weighted by molar-refractivity contribution is 7.96. The Kier molecular flexibility index (Phi) is 3.82. The second-order valence-electron chi connectivity index (χ2n) is 4.13. The average Bonchev–Trinajstić information content (AvgIpc) is 2.04. The van der Waals surface area contributed by atoms with Gasteiger partial charge in [0.05, 0.1) is 0 Å². The summed E-state index contributed by atoms with van der Waals surface area (Å²) in [7, 11) is 0. The molecule has 72 valence electrons. The van der Waals surface area contributed by atoms with E-state index in [4.69, 9.17) is 0 Å². The molecule has 0 fully saturated rings. The molecule has 0 amide bonds. The first kappa shape index (κ1) is 10.6. The fourth-order valence-electron chi connectivity index (χ4n) is 0.910. The fourth-order valence-corrected chi connectivity index (χ4v) is 1.77. The molecule has 0 atom stereocenters. The van der Waals surface area contributed by atoms with Crippen LogP contribution in [-0.2, 0) is 5.75 Å². The Morgan fingerprint density at radius 3 is 2.31 bits per heavy atom. The second-order valence-corrected chi connectivity index (χ2v) is 4.91. The van der Waals surface area contributed by atoms with Gasteiger partial charge >= 0.3 is 0 Å². The standard InChI is InChI=1S/C11H17NS/c1-11(2,3)12-13-9-10-7-5-4-6-8-10/h4-8,12H,9H2,1-3H3. The molecule has 0 spiro atoms. The molecule has 0 aromatic heterocycles. The van der Waals surface area contributed by atoms with Crippen LogP contribution in [0.25, 0.3) is 0 Å². The molecule has 0 saturated carbocycles. The van der Waals surface area contributed by atoms with Gasteiger partial charge in [0.2, 0.25) is 0 Å². The van der Waals surface area contributed by atoms with E-state index >= 15 is 0 Å². The lowest BCUT2D eigenvalue weighted by Gasteiger charge is -2.19. The lowest BCUT2D eigenvalue weighted by molar-refractivity contribution is 0.535. The van der Waals surface area contributed by atoms with E-state index < -0.39 is 0 Å². The normalized spacial score (nSPS) is 11.6. The molecule has 13 heavy (non-hydrogen) atoms. The van der Waals surface area contributed by atoms with E-state index in [1.54, 1.807) is 11.9 Å². The highest BCUT2D eigenvalue weighted by Gasteiger charge is 2.07. The van der Waals surface area contributed by atoms with Crippen LogP contribution in [0.1, 0.15) is 26.3 Å². The Bertz CT molecular complexity index is 238. The van der Waals surface area contributed by atoms with E-state index in [0.717, 1.165) is 5.75 Å². The van der Waals surface area contributed by atoms with Crippen LogP contribution in [0.5, 0.6) is 0 Å². The van der Waals surface area contributed by atoms with Gasteiger partial charge in [0.15, 0.2) is 0 Å². The first-order valence-electron chi connectivity index (χ1n) is 4.51. The van der Waals surface area contributed by atoms with Crippen LogP contribution >= 0.6 is 11.9 Å². The molecule has 1 nitrogen and oxygen atoms in total. The van der Waals surface area contributed by atoms with Gasteiger partial charge in [-0.1, -0.05) is 42.3 Å². The van der Waals surface area contributed by atoms with Gasteiger partial charge in [0.1, 0.15) is 0 Å². The highest BCUT2D eigenvalue weighted by Crippen LogP contribution is 2.12. The molecule has 0 bridgehead atoms. The van der Waals surface area contributed by atoms with Gasteiger partial charge in [0.25, 0.3) is 0 Å². The van der Waals surface area contributed by atoms with E-state index in [2.05, 4.69) is 49.8 Å². The van der Waals surface area contributed by atoms with Gasteiger partial charge in [0, 0.05) is 11.3 Å². The Balaban J connectivity index is 2.29. The maximum absolute atomic E-state index is 3.39. The van der Waals surface area contributed by atoms with Crippen LogP contribution in [0.3, 0.4) is 0 Å². The monoisotopic (exact) mass is 195 g/mol. The predicted molar refractivity (Wildman–Crippen MR) is 60.6 cm³/mol. The van der Waals surface area contributed by atoms with Gasteiger partial charge in [-0.3, -0.25) is 4.72 Å². The van der Waals surface area contributed by atoms with Crippen LogP contribution in [0, 0.1) is 0 Å². The van der Waals surface area contributed by atoms with Crippen molar-refractivity contribution in [1.82, 2.24) is 4.72 Å². The Labute approximate surface area is 85.1 Å². The van der Waals surface area contributed by atoms with Gasteiger partial charge in [-0.15, -0.1) is 0 Å². The van der Waals surface area contributed by atoms with E-state index in [9.17, 15) is 0 Å². The fraction of sp³-hybridized carbons (Fsp3) is 0.455. The molecular formula is C11H17NS. The molecular weight excluding hydrogens is 178 g/mol. The van der Waals surface area contributed by atoms with Crippen LogP contribution < -0.4 is 4.72 Å². The number of hydrogen-bond acceptors (Lipinski definition) is 2. The van der Waals surface area contributed by atoms with Crippen molar-refractivity contribution in [3.05, 3.63) is 35.9 Å². The molecule has 1 aromatic rings. The van der Waals surface area contributed by atoms with Gasteiger partial charge in [-0.25, -0.2) is 0 Å². The molecule has 1 rings (SSSR count). The quantitative estimate of drug-likeness (QED) is 0.743. The summed E-state index contributed by atoms with van der Waals surface area (Å²) in [6, 6.07) is 10.5. The maximum Gasteiger partial charge on any atom is 0.0330 e. The van der Waals surface area contributed by atoms with Gasteiger partial charge in [-0.2, -0.15) is 0 Å². The Hall–Kier alpha value is -0.470. The lowest BCUT2D eigenvalue weighted by atomic mass is 10.1. The van der Waals surface area contributed by atoms with Gasteiger partial charge in [-0.05, 0) is 26.3 Å². The summed E-state index contributed by atoms with van der Waals surface area (Å²) in [5.41, 5.74) is 1.56. The topological polar surface area (TPSA) is 12.0 Å². The van der Waals surface area contributed by atoms with E-state index in [1.807, 2.05) is 6.07 Å². The Morgan fingerprint density at radius 1 is 1.15 bits per heavy atom. The second kappa shape index (κ2) is 4.68. The van der Waals surface area contributed by atoms with E-state index in [0.29, 0.717) is 0 Å². The minimum atomic E-state index is 0.194. The van der Waals surface area contributed by atoms with Crippen molar-refractivity contribution in [3.8, 4) is 0 Å². The van der Waals surface area contributed by atoms with Crippen LogP contribution in [0.2, 0.25) is 0 Å². The molecule has 1 aromatic carbocycles. The molecule has 0 saturated heterocycles. The molecule has 0 aliphatic carbocycles. The van der Waals surface area contributed by atoms with Crippen molar-refractivity contribution in [1.29, 1.82) is 0 Å². The average molecular weight is 195 g/mol. The number of nitrogens with one attached hydrogen (secondary N) is 1. The van der Waals surface area contributed by atoms with Gasteiger partial charge < -0.3 is 0 Å². The molecule has 0 radical (unpaired) electrons. The maximum atomic E-state index is 3.39.